The van der Waals surface area contributed by atoms with Crippen LogP contribution in [0, 0.1) is 5.82 Å². The van der Waals surface area contributed by atoms with Crippen molar-refractivity contribution < 1.29 is 23.5 Å². The highest BCUT2D eigenvalue weighted by Gasteiger charge is 2.14. The van der Waals surface area contributed by atoms with Crippen LogP contribution in [0.25, 0.3) is 0 Å². The number of anilines is 1. The van der Waals surface area contributed by atoms with Crippen molar-refractivity contribution in [3.05, 3.63) is 64.4 Å². The number of para-hydroxylation sites is 1. The summed E-state index contributed by atoms with van der Waals surface area (Å²) in [4.78, 5) is 35.0. The second-order valence-corrected chi connectivity index (χ2v) is 5.72. The number of carbonyl (C=O) groups excluding carboxylic acids is 3. The van der Waals surface area contributed by atoms with Crippen LogP contribution in [0.2, 0.25) is 0 Å². The van der Waals surface area contributed by atoms with Crippen molar-refractivity contribution in [1.82, 2.24) is 5.32 Å². The fourth-order valence-corrected chi connectivity index (χ4v) is 2.21. The molecular weight excluding hydrogens is 395 g/mol. The number of hydrogen-bond donors (Lipinski definition) is 2. The van der Waals surface area contributed by atoms with E-state index in [1.165, 1.54) is 18.2 Å². The van der Waals surface area contributed by atoms with E-state index in [9.17, 15) is 18.8 Å². The Hall–Kier alpha value is -2.74. The number of hydrogen-bond acceptors (Lipinski definition) is 4. The SMILES string of the molecule is O=C(COC(=O)c1ccccc1F)NCC(=O)Nc1ccccc1Br. The van der Waals surface area contributed by atoms with E-state index in [2.05, 4.69) is 26.6 Å². The minimum Gasteiger partial charge on any atom is -0.452 e. The van der Waals surface area contributed by atoms with Crippen molar-refractivity contribution in [1.29, 1.82) is 0 Å². The third-order valence-electron chi connectivity index (χ3n) is 3.02. The van der Waals surface area contributed by atoms with E-state index in [0.29, 0.717) is 10.2 Å². The summed E-state index contributed by atoms with van der Waals surface area (Å²) in [5.74, 6) is -2.81. The van der Waals surface area contributed by atoms with Crippen LogP contribution >= 0.6 is 15.9 Å². The number of nitrogens with one attached hydrogen (secondary N) is 2. The molecule has 0 saturated heterocycles. The predicted molar refractivity (Wildman–Crippen MR) is 92.5 cm³/mol. The normalized spacial score (nSPS) is 10.0. The summed E-state index contributed by atoms with van der Waals surface area (Å²) in [6, 6.07) is 12.3. The van der Waals surface area contributed by atoms with Gasteiger partial charge in [0.05, 0.1) is 17.8 Å². The summed E-state index contributed by atoms with van der Waals surface area (Å²) >= 11 is 3.28. The lowest BCUT2D eigenvalue weighted by atomic mass is 10.2. The number of esters is 1. The van der Waals surface area contributed by atoms with Gasteiger partial charge in [0.25, 0.3) is 5.91 Å². The molecule has 2 N–H and O–H groups in total. The molecule has 0 saturated carbocycles. The number of rotatable bonds is 6. The molecule has 0 atom stereocenters. The molecule has 0 aliphatic carbocycles. The number of benzene rings is 2. The Bertz CT molecular complexity index is 798. The Morgan fingerprint density at radius 1 is 1.00 bits per heavy atom. The average molecular weight is 409 g/mol. The van der Waals surface area contributed by atoms with Gasteiger partial charge in [0.2, 0.25) is 5.91 Å². The molecule has 0 unspecified atom stereocenters. The molecule has 0 spiro atoms. The van der Waals surface area contributed by atoms with E-state index in [1.807, 2.05) is 0 Å². The Labute approximate surface area is 151 Å². The van der Waals surface area contributed by atoms with Crippen LogP contribution in [-0.2, 0) is 14.3 Å². The molecule has 2 aromatic carbocycles. The summed E-state index contributed by atoms with van der Waals surface area (Å²) in [6.45, 7) is -0.910. The molecule has 0 aliphatic heterocycles. The third kappa shape index (κ3) is 5.68. The third-order valence-corrected chi connectivity index (χ3v) is 3.71. The van der Waals surface area contributed by atoms with Crippen molar-refractivity contribution in [2.45, 2.75) is 0 Å². The van der Waals surface area contributed by atoms with Gasteiger partial charge < -0.3 is 15.4 Å². The lowest BCUT2D eigenvalue weighted by Gasteiger charge is -2.09. The Kier molecular flexibility index (Phi) is 6.64. The van der Waals surface area contributed by atoms with Gasteiger partial charge >= 0.3 is 5.97 Å². The summed E-state index contributed by atoms with van der Waals surface area (Å²) in [5.41, 5.74) is 0.301. The number of amides is 2. The summed E-state index contributed by atoms with van der Waals surface area (Å²) in [7, 11) is 0. The molecule has 0 heterocycles. The summed E-state index contributed by atoms with van der Waals surface area (Å²) < 4.78 is 18.8. The zero-order valence-electron chi connectivity index (χ0n) is 12.9. The first-order valence-corrected chi connectivity index (χ1v) is 7.99. The van der Waals surface area contributed by atoms with Crippen LogP contribution in [0.3, 0.4) is 0 Å². The lowest BCUT2D eigenvalue weighted by Crippen LogP contribution is -2.35. The molecule has 0 aromatic heterocycles. The molecular formula is C17H14BrFN2O4. The van der Waals surface area contributed by atoms with Crippen LogP contribution in [0.15, 0.2) is 53.0 Å². The van der Waals surface area contributed by atoms with Gasteiger partial charge in [-0.15, -0.1) is 0 Å². The summed E-state index contributed by atoms with van der Waals surface area (Å²) in [6.07, 6.45) is 0. The molecule has 25 heavy (non-hydrogen) atoms. The van der Waals surface area contributed by atoms with Gasteiger partial charge in [-0.1, -0.05) is 24.3 Å². The van der Waals surface area contributed by atoms with Gasteiger partial charge in [-0.05, 0) is 40.2 Å². The zero-order valence-corrected chi connectivity index (χ0v) is 14.5. The fraction of sp³-hybridized carbons (Fsp3) is 0.118. The average Bonchev–Trinajstić information content (AvgIpc) is 2.60. The van der Waals surface area contributed by atoms with Crippen LogP contribution in [0.1, 0.15) is 10.4 Å². The monoisotopic (exact) mass is 408 g/mol. The quantitative estimate of drug-likeness (QED) is 0.719. The second kappa shape index (κ2) is 8.93. The van der Waals surface area contributed by atoms with Crippen molar-refractivity contribution in [2.24, 2.45) is 0 Å². The maximum absolute atomic E-state index is 13.4. The van der Waals surface area contributed by atoms with E-state index in [4.69, 9.17) is 4.74 Å². The molecule has 8 heteroatoms. The number of carbonyl (C=O) groups is 3. The fourth-order valence-electron chi connectivity index (χ4n) is 1.82. The second-order valence-electron chi connectivity index (χ2n) is 4.86. The first-order valence-electron chi connectivity index (χ1n) is 7.20. The van der Waals surface area contributed by atoms with E-state index < -0.39 is 30.2 Å². The maximum atomic E-state index is 13.4. The van der Waals surface area contributed by atoms with E-state index >= 15 is 0 Å². The minimum absolute atomic E-state index is 0.262. The highest BCUT2D eigenvalue weighted by molar-refractivity contribution is 9.10. The van der Waals surface area contributed by atoms with Crippen LogP contribution in [0.4, 0.5) is 10.1 Å². The summed E-state index contributed by atoms with van der Waals surface area (Å²) in [5, 5.41) is 4.91. The Morgan fingerprint density at radius 2 is 1.68 bits per heavy atom. The molecule has 0 fully saturated rings. The van der Waals surface area contributed by atoms with Gasteiger partial charge in [0.1, 0.15) is 5.82 Å². The molecule has 0 bridgehead atoms. The van der Waals surface area contributed by atoms with E-state index in [-0.39, 0.29) is 12.1 Å². The van der Waals surface area contributed by atoms with Gasteiger partial charge in [-0.2, -0.15) is 0 Å². The maximum Gasteiger partial charge on any atom is 0.341 e. The van der Waals surface area contributed by atoms with Crippen LogP contribution in [0.5, 0.6) is 0 Å². The smallest absolute Gasteiger partial charge is 0.341 e. The minimum atomic E-state index is -0.953. The number of halogens is 2. The molecule has 2 aromatic rings. The topological polar surface area (TPSA) is 84.5 Å². The molecule has 2 rings (SSSR count). The molecule has 6 nitrogen and oxygen atoms in total. The predicted octanol–water partition coefficient (Wildman–Crippen LogP) is 2.50. The Balaban J connectivity index is 1.75. The van der Waals surface area contributed by atoms with Crippen LogP contribution in [-0.4, -0.2) is 30.9 Å². The van der Waals surface area contributed by atoms with Gasteiger partial charge in [-0.25, -0.2) is 9.18 Å². The van der Waals surface area contributed by atoms with Crippen molar-refractivity contribution in [2.75, 3.05) is 18.5 Å². The molecule has 2 amide bonds. The largest absolute Gasteiger partial charge is 0.452 e. The van der Waals surface area contributed by atoms with Gasteiger partial charge in [0, 0.05) is 4.47 Å². The first-order chi connectivity index (χ1) is 12.0. The van der Waals surface area contributed by atoms with E-state index in [0.717, 1.165) is 6.07 Å². The van der Waals surface area contributed by atoms with Gasteiger partial charge in [-0.3, -0.25) is 9.59 Å². The first kappa shape index (κ1) is 18.6. The highest BCUT2D eigenvalue weighted by atomic mass is 79.9. The number of ether oxygens (including phenoxy) is 1. The molecule has 0 radical (unpaired) electrons. The Morgan fingerprint density at radius 3 is 2.40 bits per heavy atom. The molecule has 130 valence electrons. The van der Waals surface area contributed by atoms with Crippen LogP contribution < -0.4 is 10.6 Å². The van der Waals surface area contributed by atoms with Crippen molar-refractivity contribution in [3.8, 4) is 0 Å². The van der Waals surface area contributed by atoms with Crippen molar-refractivity contribution in [3.63, 3.8) is 0 Å². The lowest BCUT2D eigenvalue weighted by molar-refractivity contribution is -0.126. The van der Waals surface area contributed by atoms with Gasteiger partial charge in [0.15, 0.2) is 6.61 Å². The highest BCUT2D eigenvalue weighted by Crippen LogP contribution is 2.20. The van der Waals surface area contributed by atoms with Crippen molar-refractivity contribution >= 4 is 39.4 Å². The standard InChI is InChI=1S/C17H14BrFN2O4/c18-12-6-2-4-8-14(12)21-15(22)9-20-16(23)10-25-17(24)11-5-1-3-7-13(11)19/h1-8H,9-10H2,(H,20,23)(H,21,22). The molecule has 0 aliphatic rings. The zero-order chi connectivity index (χ0) is 18.2. The van der Waals surface area contributed by atoms with E-state index in [1.54, 1.807) is 24.3 Å².